The molecule has 1 aliphatic heterocycles. The van der Waals surface area contributed by atoms with E-state index in [4.69, 9.17) is 11.6 Å². The van der Waals surface area contributed by atoms with E-state index < -0.39 is 0 Å². The number of anilines is 1. The molecule has 2 nitrogen and oxygen atoms in total. The van der Waals surface area contributed by atoms with Gasteiger partial charge in [0.05, 0.1) is 5.92 Å². The van der Waals surface area contributed by atoms with E-state index in [1.54, 1.807) is 4.90 Å². The Morgan fingerprint density at radius 2 is 1.95 bits per heavy atom. The molecule has 0 fully saturated rings. The Morgan fingerprint density at radius 3 is 2.74 bits per heavy atom. The van der Waals surface area contributed by atoms with E-state index in [2.05, 4.69) is 0 Å². The molecule has 2 aromatic carbocycles. The lowest BCUT2D eigenvalue weighted by molar-refractivity contribution is -0.119. The van der Waals surface area contributed by atoms with Crippen LogP contribution in [0.15, 0.2) is 48.5 Å². The molecule has 1 heterocycles. The molecule has 0 spiro atoms. The monoisotopic (exact) mass is 271 g/mol. The van der Waals surface area contributed by atoms with E-state index in [1.165, 1.54) is 0 Å². The zero-order chi connectivity index (χ0) is 13.4. The molecule has 0 N–H and O–H groups in total. The summed E-state index contributed by atoms with van der Waals surface area (Å²) in [5.41, 5.74) is 3.21. The fourth-order valence-electron chi connectivity index (χ4n) is 2.67. The molecular weight excluding hydrogens is 258 g/mol. The Hall–Kier alpha value is -1.80. The molecule has 0 unspecified atom stereocenters. The van der Waals surface area contributed by atoms with Gasteiger partial charge in [0.25, 0.3) is 0 Å². The Labute approximate surface area is 117 Å². The van der Waals surface area contributed by atoms with Gasteiger partial charge in [-0.1, -0.05) is 41.9 Å². The van der Waals surface area contributed by atoms with Gasteiger partial charge < -0.3 is 4.90 Å². The van der Waals surface area contributed by atoms with E-state index in [0.717, 1.165) is 16.8 Å². The lowest BCUT2D eigenvalue weighted by Gasteiger charge is -2.11. The van der Waals surface area contributed by atoms with Gasteiger partial charge in [-0.05, 0) is 35.7 Å². The topological polar surface area (TPSA) is 20.3 Å². The Balaban J connectivity index is 1.95. The van der Waals surface area contributed by atoms with Gasteiger partial charge in [-0.25, -0.2) is 0 Å². The zero-order valence-corrected chi connectivity index (χ0v) is 11.4. The van der Waals surface area contributed by atoms with E-state index >= 15 is 0 Å². The van der Waals surface area contributed by atoms with Crippen molar-refractivity contribution in [3.8, 4) is 0 Å². The Kier molecular flexibility index (Phi) is 3.03. The number of likely N-dealkylation sites (N-methyl/N-ethyl adjacent to an activating group) is 1. The third kappa shape index (κ3) is 2.13. The molecule has 0 radical (unpaired) electrons. The van der Waals surface area contributed by atoms with Crippen molar-refractivity contribution < 1.29 is 4.79 Å². The first-order valence-electron chi connectivity index (χ1n) is 6.28. The summed E-state index contributed by atoms with van der Waals surface area (Å²) < 4.78 is 0. The van der Waals surface area contributed by atoms with Crippen molar-refractivity contribution in [2.75, 3.05) is 11.9 Å². The van der Waals surface area contributed by atoms with Crippen molar-refractivity contribution in [2.45, 2.75) is 12.3 Å². The number of halogens is 1. The summed E-state index contributed by atoms with van der Waals surface area (Å²) in [6, 6.07) is 15.7. The van der Waals surface area contributed by atoms with Crippen molar-refractivity contribution in [1.29, 1.82) is 0 Å². The van der Waals surface area contributed by atoms with Crippen molar-refractivity contribution in [1.82, 2.24) is 0 Å². The average molecular weight is 272 g/mol. The van der Waals surface area contributed by atoms with Crippen molar-refractivity contribution in [2.24, 2.45) is 0 Å². The van der Waals surface area contributed by atoms with E-state index in [9.17, 15) is 4.79 Å². The van der Waals surface area contributed by atoms with Gasteiger partial charge in [-0.2, -0.15) is 0 Å². The number of rotatable bonds is 2. The van der Waals surface area contributed by atoms with Gasteiger partial charge in [0.1, 0.15) is 0 Å². The van der Waals surface area contributed by atoms with Crippen LogP contribution in [0.25, 0.3) is 0 Å². The molecule has 19 heavy (non-hydrogen) atoms. The maximum absolute atomic E-state index is 12.3. The first kappa shape index (κ1) is 12.2. The molecule has 96 valence electrons. The molecule has 0 saturated heterocycles. The van der Waals surface area contributed by atoms with Crippen LogP contribution in [0.5, 0.6) is 0 Å². The molecule has 0 bridgehead atoms. The second-order valence-corrected chi connectivity index (χ2v) is 5.28. The summed E-state index contributed by atoms with van der Waals surface area (Å²) in [5.74, 6) is 0.0563. The number of amides is 1. The predicted octanol–water partition coefficient (Wildman–Crippen LogP) is 3.64. The SMILES string of the molecule is CN1C(=O)[C@@H](Cc2cccc(Cl)c2)c2ccccc21. The van der Waals surface area contributed by atoms with E-state index in [-0.39, 0.29) is 11.8 Å². The van der Waals surface area contributed by atoms with Crippen molar-refractivity contribution in [3.05, 3.63) is 64.7 Å². The summed E-state index contributed by atoms with van der Waals surface area (Å²) in [7, 11) is 1.83. The van der Waals surface area contributed by atoms with E-state index in [0.29, 0.717) is 11.4 Å². The van der Waals surface area contributed by atoms with Gasteiger partial charge in [0, 0.05) is 17.8 Å². The standard InChI is InChI=1S/C16H14ClNO/c1-18-15-8-3-2-7-13(15)14(16(18)19)10-11-5-4-6-12(17)9-11/h2-9,14H,10H2,1H3/t14-/m0/s1. The van der Waals surface area contributed by atoms with Crippen molar-refractivity contribution >= 4 is 23.2 Å². The average Bonchev–Trinajstić information content (AvgIpc) is 2.65. The van der Waals surface area contributed by atoms with Gasteiger partial charge in [0.15, 0.2) is 0 Å². The van der Waals surface area contributed by atoms with Gasteiger partial charge >= 0.3 is 0 Å². The summed E-state index contributed by atoms with van der Waals surface area (Å²) in [4.78, 5) is 14.1. The number of para-hydroxylation sites is 1. The predicted molar refractivity (Wildman–Crippen MR) is 77.7 cm³/mol. The molecular formula is C16H14ClNO. The lowest BCUT2D eigenvalue weighted by atomic mass is 9.93. The van der Waals surface area contributed by atoms with Crippen LogP contribution < -0.4 is 4.90 Å². The number of carbonyl (C=O) groups is 1. The summed E-state index contributed by atoms with van der Waals surface area (Å²) in [6.07, 6.45) is 0.695. The molecule has 0 aliphatic carbocycles. The minimum absolute atomic E-state index is 0.0975. The maximum atomic E-state index is 12.3. The summed E-state index contributed by atoms with van der Waals surface area (Å²) in [5, 5.41) is 0.713. The van der Waals surface area contributed by atoms with Gasteiger partial charge in [-0.3, -0.25) is 4.79 Å². The minimum atomic E-state index is -0.0975. The maximum Gasteiger partial charge on any atom is 0.234 e. The van der Waals surface area contributed by atoms with Crippen LogP contribution in [0.1, 0.15) is 17.0 Å². The molecule has 3 rings (SSSR count). The minimum Gasteiger partial charge on any atom is -0.315 e. The van der Waals surface area contributed by atoms with Gasteiger partial charge in [-0.15, -0.1) is 0 Å². The summed E-state index contributed by atoms with van der Waals surface area (Å²) in [6.45, 7) is 0. The van der Waals surface area contributed by atoms with Crippen LogP contribution in [0.2, 0.25) is 5.02 Å². The number of hydrogen-bond donors (Lipinski definition) is 0. The third-order valence-electron chi connectivity index (χ3n) is 3.63. The van der Waals surface area contributed by atoms with Crippen LogP contribution in [0.4, 0.5) is 5.69 Å². The highest BCUT2D eigenvalue weighted by Crippen LogP contribution is 2.38. The summed E-state index contributed by atoms with van der Waals surface area (Å²) >= 11 is 6.00. The molecule has 1 atom stereocenters. The fraction of sp³-hybridized carbons (Fsp3) is 0.188. The third-order valence-corrected chi connectivity index (χ3v) is 3.87. The normalized spacial score (nSPS) is 17.7. The second kappa shape index (κ2) is 4.71. The first-order chi connectivity index (χ1) is 9.16. The number of benzene rings is 2. The Morgan fingerprint density at radius 1 is 1.16 bits per heavy atom. The largest absolute Gasteiger partial charge is 0.315 e. The molecule has 0 saturated carbocycles. The second-order valence-electron chi connectivity index (χ2n) is 4.84. The highest BCUT2D eigenvalue weighted by molar-refractivity contribution is 6.30. The highest BCUT2D eigenvalue weighted by atomic mass is 35.5. The number of carbonyl (C=O) groups excluding carboxylic acids is 1. The van der Waals surface area contributed by atoms with Gasteiger partial charge in [0.2, 0.25) is 5.91 Å². The van der Waals surface area contributed by atoms with E-state index in [1.807, 2.05) is 55.6 Å². The quantitative estimate of drug-likeness (QED) is 0.817. The molecule has 2 aromatic rings. The number of fused-ring (bicyclic) bond motifs is 1. The zero-order valence-electron chi connectivity index (χ0n) is 10.6. The lowest BCUT2D eigenvalue weighted by Crippen LogP contribution is -2.24. The van der Waals surface area contributed by atoms with Crippen LogP contribution in [-0.2, 0) is 11.2 Å². The molecule has 3 heteroatoms. The van der Waals surface area contributed by atoms with Crippen LogP contribution in [0, 0.1) is 0 Å². The molecule has 1 aliphatic rings. The molecule has 0 aromatic heterocycles. The number of nitrogens with zero attached hydrogens (tertiary/aromatic N) is 1. The fourth-order valence-corrected chi connectivity index (χ4v) is 2.88. The van der Waals surface area contributed by atoms with Crippen LogP contribution >= 0.6 is 11.6 Å². The van der Waals surface area contributed by atoms with Crippen molar-refractivity contribution in [3.63, 3.8) is 0 Å². The van der Waals surface area contributed by atoms with Crippen LogP contribution in [-0.4, -0.2) is 13.0 Å². The molecule has 1 amide bonds. The highest BCUT2D eigenvalue weighted by Gasteiger charge is 2.34. The smallest absolute Gasteiger partial charge is 0.234 e. The number of hydrogen-bond acceptors (Lipinski definition) is 1. The first-order valence-corrected chi connectivity index (χ1v) is 6.65. The Bertz CT molecular complexity index is 638. The van der Waals surface area contributed by atoms with Crippen LogP contribution in [0.3, 0.4) is 0 Å².